The van der Waals surface area contributed by atoms with E-state index in [2.05, 4.69) is 15.4 Å². The molecule has 26 heavy (non-hydrogen) atoms. The minimum atomic E-state index is -0.195. The molecule has 1 amide bonds. The van der Waals surface area contributed by atoms with Crippen molar-refractivity contribution in [3.05, 3.63) is 59.5 Å². The smallest absolute Gasteiger partial charge is 0.228 e. The van der Waals surface area contributed by atoms with E-state index in [0.29, 0.717) is 41.2 Å². The number of pyridine rings is 1. The summed E-state index contributed by atoms with van der Waals surface area (Å²) in [5.74, 6) is 1.44. The van der Waals surface area contributed by atoms with Crippen LogP contribution in [0.4, 0.5) is 5.69 Å². The van der Waals surface area contributed by atoms with Gasteiger partial charge in [0.15, 0.2) is 17.3 Å². The minimum Gasteiger partial charge on any atom is -0.486 e. The number of nitrogens with one attached hydrogen (secondary N) is 1. The standard InChI is InChI=1S/C18H15ClN4O3/c19-13-9-12(10-15-17(13)26-8-7-25-15)11-16(24)22-14-3-1-4-20-18(14)23-6-2-5-21-23/h1-6,9-10H,7-8,11H2,(H,22,24). The van der Waals surface area contributed by atoms with Crippen LogP contribution in [-0.2, 0) is 11.2 Å². The second kappa shape index (κ2) is 7.05. The number of amides is 1. The zero-order valence-corrected chi connectivity index (χ0v) is 14.4. The van der Waals surface area contributed by atoms with Crippen molar-refractivity contribution >= 4 is 23.2 Å². The molecule has 0 unspecified atom stereocenters. The number of nitrogens with zero attached hydrogens (tertiary/aromatic N) is 3. The van der Waals surface area contributed by atoms with E-state index in [1.54, 1.807) is 53.6 Å². The van der Waals surface area contributed by atoms with E-state index < -0.39 is 0 Å². The molecule has 2 aromatic heterocycles. The largest absolute Gasteiger partial charge is 0.486 e. The lowest BCUT2D eigenvalue weighted by molar-refractivity contribution is -0.115. The molecule has 0 fully saturated rings. The molecule has 1 aliphatic rings. The molecule has 3 aromatic rings. The predicted molar refractivity (Wildman–Crippen MR) is 96.1 cm³/mol. The zero-order valence-electron chi connectivity index (χ0n) is 13.7. The number of anilines is 1. The molecule has 0 aliphatic carbocycles. The van der Waals surface area contributed by atoms with Crippen LogP contribution in [0.1, 0.15) is 5.56 Å². The third kappa shape index (κ3) is 3.34. The second-order valence-electron chi connectivity index (χ2n) is 5.65. The second-order valence-corrected chi connectivity index (χ2v) is 6.06. The molecule has 8 heteroatoms. The summed E-state index contributed by atoms with van der Waals surface area (Å²) in [6.45, 7) is 0.922. The number of aromatic nitrogens is 3. The first kappa shape index (κ1) is 16.4. The molecular formula is C18H15ClN4O3. The number of fused-ring (bicyclic) bond motifs is 1. The summed E-state index contributed by atoms with van der Waals surface area (Å²) >= 11 is 6.23. The summed E-state index contributed by atoms with van der Waals surface area (Å²) in [5, 5.41) is 7.46. The highest BCUT2D eigenvalue weighted by Crippen LogP contribution is 2.38. The summed E-state index contributed by atoms with van der Waals surface area (Å²) in [5.41, 5.74) is 1.31. The maximum atomic E-state index is 12.5. The van der Waals surface area contributed by atoms with Crippen LogP contribution in [0, 0.1) is 0 Å². The Hall–Kier alpha value is -3.06. The van der Waals surface area contributed by atoms with Crippen molar-refractivity contribution in [1.29, 1.82) is 0 Å². The fourth-order valence-corrected chi connectivity index (χ4v) is 3.01. The monoisotopic (exact) mass is 370 g/mol. The Morgan fingerprint density at radius 1 is 1.23 bits per heavy atom. The number of ether oxygens (including phenoxy) is 2. The first-order chi connectivity index (χ1) is 12.7. The number of hydrogen-bond donors (Lipinski definition) is 1. The maximum absolute atomic E-state index is 12.5. The average Bonchev–Trinajstić information content (AvgIpc) is 3.16. The van der Waals surface area contributed by atoms with Crippen LogP contribution in [0.5, 0.6) is 11.5 Å². The molecule has 0 spiro atoms. The van der Waals surface area contributed by atoms with Gasteiger partial charge in [-0.05, 0) is 35.9 Å². The minimum absolute atomic E-state index is 0.143. The van der Waals surface area contributed by atoms with Gasteiger partial charge in [-0.25, -0.2) is 9.67 Å². The summed E-state index contributed by atoms with van der Waals surface area (Å²) in [6, 6.07) is 8.81. The summed E-state index contributed by atoms with van der Waals surface area (Å²) in [6.07, 6.45) is 5.20. The molecule has 0 radical (unpaired) electrons. The Kier molecular flexibility index (Phi) is 4.45. The molecule has 0 atom stereocenters. The highest BCUT2D eigenvalue weighted by atomic mass is 35.5. The van der Waals surface area contributed by atoms with Crippen LogP contribution in [-0.4, -0.2) is 33.9 Å². The van der Waals surface area contributed by atoms with Crippen LogP contribution in [0.2, 0.25) is 5.02 Å². The van der Waals surface area contributed by atoms with Gasteiger partial charge in [0.2, 0.25) is 5.91 Å². The normalized spacial score (nSPS) is 12.7. The van der Waals surface area contributed by atoms with Crippen LogP contribution in [0.3, 0.4) is 0 Å². The predicted octanol–water partition coefficient (Wildman–Crippen LogP) is 2.87. The van der Waals surface area contributed by atoms with E-state index in [1.807, 2.05) is 0 Å². The summed E-state index contributed by atoms with van der Waals surface area (Å²) in [4.78, 5) is 16.8. The van der Waals surface area contributed by atoms with Crippen LogP contribution < -0.4 is 14.8 Å². The number of hydrogen-bond acceptors (Lipinski definition) is 5. The molecule has 1 aliphatic heterocycles. The van der Waals surface area contributed by atoms with Gasteiger partial charge in [0.25, 0.3) is 0 Å². The van der Waals surface area contributed by atoms with Crippen molar-refractivity contribution in [1.82, 2.24) is 14.8 Å². The van der Waals surface area contributed by atoms with Gasteiger partial charge in [-0.1, -0.05) is 11.6 Å². The maximum Gasteiger partial charge on any atom is 0.228 e. The molecule has 3 heterocycles. The van der Waals surface area contributed by atoms with Crippen molar-refractivity contribution in [2.75, 3.05) is 18.5 Å². The van der Waals surface area contributed by atoms with Gasteiger partial charge < -0.3 is 14.8 Å². The van der Waals surface area contributed by atoms with Gasteiger partial charge in [0, 0.05) is 18.6 Å². The number of carbonyl (C=O) groups is 1. The molecule has 4 rings (SSSR count). The highest BCUT2D eigenvalue weighted by Gasteiger charge is 2.18. The van der Waals surface area contributed by atoms with E-state index >= 15 is 0 Å². The molecule has 0 bridgehead atoms. The quantitative estimate of drug-likeness (QED) is 0.764. The van der Waals surface area contributed by atoms with E-state index in [9.17, 15) is 4.79 Å². The van der Waals surface area contributed by atoms with E-state index in [1.165, 1.54) is 0 Å². The number of rotatable bonds is 4. The van der Waals surface area contributed by atoms with Gasteiger partial charge in [0.05, 0.1) is 17.1 Å². The molecule has 1 aromatic carbocycles. The Morgan fingerprint density at radius 3 is 2.96 bits per heavy atom. The molecule has 0 saturated carbocycles. The lowest BCUT2D eigenvalue weighted by atomic mass is 10.1. The summed E-state index contributed by atoms with van der Waals surface area (Å²) in [7, 11) is 0. The number of carbonyl (C=O) groups excluding carboxylic acids is 1. The molecule has 1 N–H and O–H groups in total. The Bertz CT molecular complexity index is 944. The Balaban J connectivity index is 1.53. The SMILES string of the molecule is O=C(Cc1cc(Cl)c2c(c1)OCCO2)Nc1cccnc1-n1cccn1. The number of benzene rings is 1. The van der Waals surface area contributed by atoms with Gasteiger partial charge in [-0.2, -0.15) is 5.10 Å². The van der Waals surface area contributed by atoms with Crippen molar-refractivity contribution in [2.24, 2.45) is 0 Å². The van der Waals surface area contributed by atoms with Crippen molar-refractivity contribution in [3.8, 4) is 17.3 Å². The third-order valence-corrected chi connectivity index (χ3v) is 4.08. The van der Waals surface area contributed by atoms with E-state index in [-0.39, 0.29) is 12.3 Å². The Morgan fingerprint density at radius 2 is 2.12 bits per heavy atom. The average molecular weight is 371 g/mol. The topological polar surface area (TPSA) is 78.3 Å². The van der Waals surface area contributed by atoms with Crippen LogP contribution >= 0.6 is 11.6 Å². The van der Waals surface area contributed by atoms with Crippen molar-refractivity contribution in [3.63, 3.8) is 0 Å². The fraction of sp³-hybridized carbons (Fsp3) is 0.167. The first-order valence-electron chi connectivity index (χ1n) is 8.03. The molecule has 132 valence electrons. The third-order valence-electron chi connectivity index (χ3n) is 3.80. The highest BCUT2D eigenvalue weighted by molar-refractivity contribution is 6.32. The van der Waals surface area contributed by atoms with Crippen molar-refractivity contribution in [2.45, 2.75) is 6.42 Å². The van der Waals surface area contributed by atoms with Crippen molar-refractivity contribution < 1.29 is 14.3 Å². The van der Waals surface area contributed by atoms with Gasteiger partial charge >= 0.3 is 0 Å². The van der Waals surface area contributed by atoms with Crippen LogP contribution in [0.15, 0.2) is 48.9 Å². The zero-order chi connectivity index (χ0) is 17.9. The number of halogens is 1. The van der Waals surface area contributed by atoms with Gasteiger partial charge in [0.1, 0.15) is 13.2 Å². The van der Waals surface area contributed by atoms with E-state index in [0.717, 1.165) is 5.56 Å². The lowest BCUT2D eigenvalue weighted by Gasteiger charge is -2.20. The Labute approximate surface area is 154 Å². The molecule has 0 saturated heterocycles. The molecule has 7 nitrogen and oxygen atoms in total. The fourth-order valence-electron chi connectivity index (χ4n) is 2.72. The van der Waals surface area contributed by atoms with Gasteiger partial charge in [-0.3, -0.25) is 4.79 Å². The summed E-state index contributed by atoms with van der Waals surface area (Å²) < 4.78 is 12.6. The van der Waals surface area contributed by atoms with E-state index in [4.69, 9.17) is 21.1 Å². The molecular weight excluding hydrogens is 356 g/mol. The van der Waals surface area contributed by atoms with Crippen LogP contribution in [0.25, 0.3) is 5.82 Å². The van der Waals surface area contributed by atoms with Gasteiger partial charge in [-0.15, -0.1) is 0 Å². The lowest BCUT2D eigenvalue weighted by Crippen LogP contribution is -2.18. The first-order valence-corrected chi connectivity index (χ1v) is 8.41.